The van der Waals surface area contributed by atoms with Gasteiger partial charge in [0.25, 0.3) is 0 Å². The number of rotatable bonds is 2. The molecule has 0 spiro atoms. The van der Waals surface area contributed by atoms with E-state index in [0.717, 1.165) is 13.0 Å². The fraction of sp³-hybridized carbons (Fsp3) is 0.625. The Morgan fingerprint density at radius 2 is 2.11 bits per heavy atom. The van der Waals surface area contributed by atoms with Crippen LogP contribution in [0.1, 0.15) is 36.4 Å². The van der Waals surface area contributed by atoms with Crippen molar-refractivity contribution in [2.45, 2.75) is 43.9 Å². The van der Waals surface area contributed by atoms with Crippen LogP contribution >= 0.6 is 0 Å². The van der Waals surface area contributed by atoms with Crippen LogP contribution in [0.2, 0.25) is 0 Å². The molecule has 0 aromatic heterocycles. The third-order valence-electron chi connectivity index (χ3n) is 4.75. The lowest BCUT2D eigenvalue weighted by atomic mass is 9.83. The molecule has 1 heterocycles. The van der Waals surface area contributed by atoms with E-state index in [1.54, 1.807) is 0 Å². The lowest BCUT2D eigenvalue weighted by Gasteiger charge is -2.43. The van der Waals surface area contributed by atoms with E-state index in [4.69, 9.17) is 10.5 Å². The summed E-state index contributed by atoms with van der Waals surface area (Å²) < 4.78 is 5.53. The van der Waals surface area contributed by atoms with Gasteiger partial charge in [-0.1, -0.05) is 24.3 Å². The van der Waals surface area contributed by atoms with Gasteiger partial charge in [-0.15, -0.1) is 0 Å². The summed E-state index contributed by atoms with van der Waals surface area (Å²) in [4.78, 5) is 2.55. The molecule has 3 heteroatoms. The first-order chi connectivity index (χ1) is 9.29. The zero-order chi connectivity index (χ0) is 13.2. The number of benzene rings is 1. The summed E-state index contributed by atoms with van der Waals surface area (Å²) >= 11 is 0. The normalized spacial score (nSPS) is 32.0. The van der Waals surface area contributed by atoms with Crippen LogP contribution in [0.25, 0.3) is 0 Å². The SMILES string of the molecule is COC1CCCN(C2CCc3ccccc3C2N)C1. The van der Waals surface area contributed by atoms with Gasteiger partial charge < -0.3 is 10.5 Å². The number of likely N-dealkylation sites (tertiary alicyclic amines) is 1. The molecule has 0 amide bonds. The van der Waals surface area contributed by atoms with Crippen molar-refractivity contribution in [3.05, 3.63) is 35.4 Å². The highest BCUT2D eigenvalue weighted by atomic mass is 16.5. The van der Waals surface area contributed by atoms with Gasteiger partial charge in [0.05, 0.1) is 6.10 Å². The molecule has 3 nitrogen and oxygen atoms in total. The Labute approximate surface area is 115 Å². The number of nitrogens with two attached hydrogens (primary N) is 1. The van der Waals surface area contributed by atoms with Crippen LogP contribution in [-0.2, 0) is 11.2 Å². The highest BCUT2D eigenvalue weighted by Gasteiger charge is 2.33. The summed E-state index contributed by atoms with van der Waals surface area (Å²) in [5.41, 5.74) is 9.31. The molecule has 19 heavy (non-hydrogen) atoms. The van der Waals surface area contributed by atoms with Crippen molar-refractivity contribution < 1.29 is 4.74 Å². The molecule has 1 saturated heterocycles. The van der Waals surface area contributed by atoms with Crippen molar-refractivity contribution in [2.24, 2.45) is 5.73 Å². The second-order valence-corrected chi connectivity index (χ2v) is 5.83. The summed E-state index contributed by atoms with van der Waals surface area (Å²) in [5, 5.41) is 0. The summed E-state index contributed by atoms with van der Waals surface area (Å²) in [6.45, 7) is 2.21. The summed E-state index contributed by atoms with van der Waals surface area (Å²) in [5.74, 6) is 0. The van der Waals surface area contributed by atoms with Crippen LogP contribution < -0.4 is 5.73 Å². The van der Waals surface area contributed by atoms with E-state index in [2.05, 4.69) is 29.2 Å². The Morgan fingerprint density at radius 1 is 1.26 bits per heavy atom. The van der Waals surface area contributed by atoms with E-state index in [1.807, 2.05) is 7.11 Å². The van der Waals surface area contributed by atoms with Crippen LogP contribution in [0.4, 0.5) is 0 Å². The molecule has 2 N–H and O–H groups in total. The van der Waals surface area contributed by atoms with Gasteiger partial charge in [0.2, 0.25) is 0 Å². The van der Waals surface area contributed by atoms with Crippen LogP contribution in [0.3, 0.4) is 0 Å². The van der Waals surface area contributed by atoms with E-state index in [0.29, 0.717) is 12.1 Å². The minimum Gasteiger partial charge on any atom is -0.380 e. The average Bonchev–Trinajstić information content (AvgIpc) is 2.48. The quantitative estimate of drug-likeness (QED) is 0.885. The van der Waals surface area contributed by atoms with Gasteiger partial charge in [-0.25, -0.2) is 0 Å². The molecule has 3 atom stereocenters. The van der Waals surface area contributed by atoms with Crippen LogP contribution in [0.5, 0.6) is 0 Å². The molecule has 1 fully saturated rings. The summed E-state index contributed by atoms with van der Waals surface area (Å²) in [7, 11) is 1.82. The smallest absolute Gasteiger partial charge is 0.0698 e. The standard InChI is InChI=1S/C16H24N2O/c1-19-13-6-4-10-18(11-13)15-9-8-12-5-2-3-7-14(12)16(15)17/h2-3,5,7,13,15-16H,4,6,8-11,17H2,1H3. The maximum Gasteiger partial charge on any atom is 0.0698 e. The molecule has 1 aliphatic carbocycles. The molecule has 0 radical (unpaired) electrons. The van der Waals surface area contributed by atoms with Crippen LogP contribution in [0, 0.1) is 0 Å². The lowest BCUT2D eigenvalue weighted by molar-refractivity contribution is 0.00667. The number of nitrogens with zero attached hydrogens (tertiary/aromatic N) is 1. The fourth-order valence-electron chi connectivity index (χ4n) is 3.65. The Kier molecular flexibility index (Phi) is 3.87. The van der Waals surface area contributed by atoms with Gasteiger partial charge in [-0.3, -0.25) is 4.90 Å². The monoisotopic (exact) mass is 260 g/mol. The van der Waals surface area contributed by atoms with Crippen LogP contribution in [0.15, 0.2) is 24.3 Å². The predicted octanol–water partition coefficient (Wildman–Crippen LogP) is 2.11. The van der Waals surface area contributed by atoms with E-state index < -0.39 is 0 Å². The second kappa shape index (κ2) is 5.61. The molecule has 104 valence electrons. The Bertz CT molecular complexity index is 435. The maximum atomic E-state index is 6.53. The van der Waals surface area contributed by atoms with Crippen molar-refractivity contribution in [2.75, 3.05) is 20.2 Å². The minimum absolute atomic E-state index is 0.153. The number of hydrogen-bond acceptors (Lipinski definition) is 3. The van der Waals surface area contributed by atoms with Gasteiger partial charge in [0, 0.05) is 25.7 Å². The van der Waals surface area contributed by atoms with Crippen LogP contribution in [-0.4, -0.2) is 37.2 Å². The largest absolute Gasteiger partial charge is 0.380 e. The molecule has 0 bridgehead atoms. The second-order valence-electron chi connectivity index (χ2n) is 5.83. The molecular weight excluding hydrogens is 236 g/mol. The van der Waals surface area contributed by atoms with E-state index in [9.17, 15) is 0 Å². The topological polar surface area (TPSA) is 38.5 Å². The van der Waals surface area contributed by atoms with Gasteiger partial charge in [-0.05, 0) is 43.4 Å². The predicted molar refractivity (Wildman–Crippen MR) is 77.1 cm³/mol. The van der Waals surface area contributed by atoms with Gasteiger partial charge in [0.1, 0.15) is 0 Å². The summed E-state index contributed by atoms with van der Waals surface area (Å²) in [6, 6.07) is 9.28. The lowest BCUT2D eigenvalue weighted by Crippen LogP contribution is -2.50. The van der Waals surface area contributed by atoms with Crippen molar-refractivity contribution in [3.63, 3.8) is 0 Å². The third kappa shape index (κ3) is 2.55. The molecule has 3 unspecified atom stereocenters. The number of hydrogen-bond donors (Lipinski definition) is 1. The molecular formula is C16H24N2O. The van der Waals surface area contributed by atoms with Crippen molar-refractivity contribution >= 4 is 0 Å². The van der Waals surface area contributed by atoms with Crippen molar-refractivity contribution in [1.29, 1.82) is 0 Å². The zero-order valence-electron chi connectivity index (χ0n) is 11.7. The Morgan fingerprint density at radius 3 is 2.95 bits per heavy atom. The first kappa shape index (κ1) is 13.1. The Balaban J connectivity index is 1.76. The first-order valence-electron chi connectivity index (χ1n) is 7.40. The number of methoxy groups -OCH3 is 1. The van der Waals surface area contributed by atoms with E-state index in [1.165, 1.54) is 36.9 Å². The van der Waals surface area contributed by atoms with Crippen molar-refractivity contribution in [3.8, 4) is 0 Å². The molecule has 0 saturated carbocycles. The van der Waals surface area contributed by atoms with E-state index >= 15 is 0 Å². The van der Waals surface area contributed by atoms with Gasteiger partial charge in [0.15, 0.2) is 0 Å². The van der Waals surface area contributed by atoms with Gasteiger partial charge >= 0.3 is 0 Å². The number of aryl methyl sites for hydroxylation is 1. The average molecular weight is 260 g/mol. The molecule has 3 rings (SSSR count). The highest BCUT2D eigenvalue weighted by molar-refractivity contribution is 5.33. The van der Waals surface area contributed by atoms with Crippen molar-refractivity contribution in [1.82, 2.24) is 4.90 Å². The Hall–Kier alpha value is -0.900. The molecule has 1 aromatic carbocycles. The highest BCUT2D eigenvalue weighted by Crippen LogP contribution is 2.32. The maximum absolute atomic E-state index is 6.53. The zero-order valence-corrected chi connectivity index (χ0v) is 11.7. The number of piperidine rings is 1. The third-order valence-corrected chi connectivity index (χ3v) is 4.75. The number of ether oxygens (including phenoxy) is 1. The minimum atomic E-state index is 0.153. The fourth-order valence-corrected chi connectivity index (χ4v) is 3.65. The molecule has 1 aliphatic heterocycles. The number of fused-ring (bicyclic) bond motifs is 1. The van der Waals surface area contributed by atoms with E-state index in [-0.39, 0.29) is 6.04 Å². The molecule has 1 aromatic rings. The molecule has 2 aliphatic rings. The van der Waals surface area contributed by atoms with Gasteiger partial charge in [-0.2, -0.15) is 0 Å². The summed E-state index contributed by atoms with van der Waals surface area (Å²) in [6.07, 6.45) is 5.13. The first-order valence-corrected chi connectivity index (χ1v) is 7.40.